The SMILES string of the molecule is O=C(c1csc(-c2cccs2)n1)N1CC[C@@H](Oc2ccc3ccncc3c2)[C@H](O)C1. The highest BCUT2D eigenvalue weighted by Gasteiger charge is 2.32. The molecular weight excluding hydrogens is 418 g/mol. The maximum Gasteiger partial charge on any atom is 0.273 e. The third-order valence-corrected chi connectivity index (χ3v) is 7.04. The summed E-state index contributed by atoms with van der Waals surface area (Å²) in [5.41, 5.74) is 0.428. The zero-order valence-corrected chi connectivity index (χ0v) is 17.6. The predicted molar refractivity (Wildman–Crippen MR) is 118 cm³/mol. The predicted octanol–water partition coefficient (Wildman–Crippen LogP) is 4.07. The number of aliphatic hydroxyl groups is 1. The van der Waals surface area contributed by atoms with Gasteiger partial charge in [0.05, 0.1) is 11.4 Å². The van der Waals surface area contributed by atoms with Crippen molar-refractivity contribution in [1.82, 2.24) is 14.9 Å². The Bertz CT molecular complexity index is 1180. The molecule has 0 bridgehead atoms. The second-order valence-electron chi connectivity index (χ2n) is 7.16. The molecule has 1 aromatic carbocycles. The molecule has 4 heterocycles. The van der Waals surface area contributed by atoms with Crippen LogP contribution in [-0.2, 0) is 0 Å². The van der Waals surface area contributed by atoms with Crippen molar-refractivity contribution in [2.24, 2.45) is 0 Å². The number of benzene rings is 1. The lowest BCUT2D eigenvalue weighted by atomic mass is 10.0. The molecule has 0 unspecified atom stereocenters. The number of thiophene rings is 1. The van der Waals surface area contributed by atoms with Crippen LogP contribution >= 0.6 is 22.7 Å². The molecule has 152 valence electrons. The number of hydrogen-bond donors (Lipinski definition) is 1. The lowest BCUT2D eigenvalue weighted by Gasteiger charge is -2.35. The van der Waals surface area contributed by atoms with Gasteiger partial charge in [-0.15, -0.1) is 22.7 Å². The van der Waals surface area contributed by atoms with Crippen LogP contribution in [0.25, 0.3) is 20.7 Å². The standard InChI is InChI=1S/C22H19N3O3S2/c26-18-12-25(22(27)17-13-30-21(24-17)20-2-1-9-29-20)8-6-19(18)28-16-4-3-14-5-7-23-11-15(14)10-16/h1-5,7,9-11,13,18-19,26H,6,8,12H2/t18-,19-/m1/s1. The van der Waals surface area contributed by atoms with Gasteiger partial charge in [-0.3, -0.25) is 9.78 Å². The Hall–Kier alpha value is -2.81. The van der Waals surface area contributed by atoms with Gasteiger partial charge in [0, 0.05) is 36.1 Å². The summed E-state index contributed by atoms with van der Waals surface area (Å²) in [7, 11) is 0. The van der Waals surface area contributed by atoms with Gasteiger partial charge in [0.15, 0.2) is 0 Å². The number of carbonyl (C=O) groups is 1. The maximum atomic E-state index is 12.9. The third-order valence-electron chi connectivity index (χ3n) is 5.16. The number of hydrogen-bond acceptors (Lipinski definition) is 7. The Balaban J connectivity index is 1.24. The number of amides is 1. The number of fused-ring (bicyclic) bond motifs is 1. The van der Waals surface area contributed by atoms with Crippen molar-refractivity contribution in [1.29, 1.82) is 0 Å². The molecule has 30 heavy (non-hydrogen) atoms. The molecule has 4 aromatic rings. The summed E-state index contributed by atoms with van der Waals surface area (Å²) < 4.78 is 6.03. The van der Waals surface area contributed by atoms with Crippen LogP contribution in [0.3, 0.4) is 0 Å². The number of aromatic nitrogens is 2. The smallest absolute Gasteiger partial charge is 0.273 e. The molecule has 1 aliphatic heterocycles. The largest absolute Gasteiger partial charge is 0.488 e. The van der Waals surface area contributed by atoms with Crippen molar-refractivity contribution in [2.75, 3.05) is 13.1 Å². The van der Waals surface area contributed by atoms with E-state index >= 15 is 0 Å². The van der Waals surface area contributed by atoms with Crippen molar-refractivity contribution in [3.05, 3.63) is 65.2 Å². The number of aliphatic hydroxyl groups excluding tert-OH is 1. The normalized spacial score (nSPS) is 19.2. The number of pyridine rings is 1. The summed E-state index contributed by atoms with van der Waals surface area (Å²) in [6, 6.07) is 11.7. The summed E-state index contributed by atoms with van der Waals surface area (Å²) >= 11 is 3.06. The quantitative estimate of drug-likeness (QED) is 0.521. The van der Waals surface area contributed by atoms with Crippen LogP contribution in [-0.4, -0.2) is 51.2 Å². The number of piperidine rings is 1. The first-order valence-corrected chi connectivity index (χ1v) is 11.4. The average Bonchev–Trinajstić information content (AvgIpc) is 3.46. The molecule has 1 amide bonds. The molecule has 6 nitrogen and oxygen atoms in total. The number of likely N-dealkylation sites (tertiary alicyclic amines) is 1. The second kappa shape index (κ2) is 8.14. The van der Waals surface area contributed by atoms with Crippen molar-refractivity contribution in [2.45, 2.75) is 18.6 Å². The molecule has 0 saturated carbocycles. The van der Waals surface area contributed by atoms with E-state index < -0.39 is 6.10 Å². The number of rotatable bonds is 4. The average molecular weight is 438 g/mol. The number of nitrogens with zero attached hydrogens (tertiary/aromatic N) is 3. The number of β-amino-alcohol motifs (C(OH)–C–C–N with tert-alkyl or cyclic N) is 1. The van der Waals surface area contributed by atoms with E-state index in [0.717, 1.165) is 20.7 Å². The van der Waals surface area contributed by atoms with Gasteiger partial charge in [0.25, 0.3) is 5.91 Å². The maximum absolute atomic E-state index is 12.9. The fraction of sp³-hybridized carbons (Fsp3) is 0.227. The van der Waals surface area contributed by atoms with Crippen molar-refractivity contribution in [3.8, 4) is 15.6 Å². The number of carbonyl (C=O) groups excluding carboxylic acids is 1. The second-order valence-corrected chi connectivity index (χ2v) is 8.97. The van der Waals surface area contributed by atoms with E-state index in [4.69, 9.17) is 4.74 Å². The van der Waals surface area contributed by atoms with Gasteiger partial charge in [0.1, 0.15) is 28.7 Å². The van der Waals surface area contributed by atoms with Gasteiger partial charge in [-0.2, -0.15) is 0 Å². The van der Waals surface area contributed by atoms with E-state index in [-0.39, 0.29) is 18.6 Å². The van der Waals surface area contributed by atoms with Gasteiger partial charge in [-0.25, -0.2) is 4.98 Å². The molecular formula is C22H19N3O3S2. The summed E-state index contributed by atoms with van der Waals surface area (Å²) in [6.07, 6.45) is 2.98. The molecule has 1 fully saturated rings. The monoisotopic (exact) mass is 437 g/mol. The third kappa shape index (κ3) is 3.81. The number of ether oxygens (including phenoxy) is 1. The summed E-state index contributed by atoms with van der Waals surface area (Å²) in [5, 5.41) is 17.3. The molecule has 0 spiro atoms. The molecule has 0 aliphatic carbocycles. The first kappa shape index (κ1) is 19.2. The summed E-state index contributed by atoms with van der Waals surface area (Å²) in [4.78, 5) is 24.2. The zero-order chi connectivity index (χ0) is 20.5. The summed E-state index contributed by atoms with van der Waals surface area (Å²) in [6.45, 7) is 0.742. The Kier molecular flexibility index (Phi) is 5.20. The summed E-state index contributed by atoms with van der Waals surface area (Å²) in [5.74, 6) is 0.544. The molecule has 8 heteroatoms. The van der Waals surface area contributed by atoms with E-state index in [0.29, 0.717) is 24.4 Å². The Morgan fingerprint density at radius 2 is 2.13 bits per heavy atom. The van der Waals surface area contributed by atoms with Crippen LogP contribution in [0.15, 0.2) is 59.6 Å². The molecule has 1 N–H and O–H groups in total. The van der Waals surface area contributed by atoms with Crippen molar-refractivity contribution >= 4 is 39.4 Å². The first-order chi connectivity index (χ1) is 14.7. The lowest BCUT2D eigenvalue weighted by molar-refractivity contribution is -0.0199. The van der Waals surface area contributed by atoms with Crippen LogP contribution < -0.4 is 4.74 Å². The highest BCUT2D eigenvalue weighted by molar-refractivity contribution is 7.20. The highest BCUT2D eigenvalue weighted by Crippen LogP contribution is 2.29. The fourth-order valence-electron chi connectivity index (χ4n) is 3.59. The van der Waals surface area contributed by atoms with Crippen molar-refractivity contribution in [3.63, 3.8) is 0 Å². The molecule has 1 saturated heterocycles. The van der Waals surface area contributed by atoms with E-state index in [9.17, 15) is 9.90 Å². The van der Waals surface area contributed by atoms with Crippen LogP contribution in [0.2, 0.25) is 0 Å². The highest BCUT2D eigenvalue weighted by atomic mass is 32.1. The van der Waals surface area contributed by atoms with Crippen LogP contribution in [0.5, 0.6) is 5.75 Å². The first-order valence-electron chi connectivity index (χ1n) is 9.64. The van der Waals surface area contributed by atoms with Crippen LogP contribution in [0.1, 0.15) is 16.9 Å². The van der Waals surface area contributed by atoms with Gasteiger partial charge in [0.2, 0.25) is 0 Å². The molecule has 1 aliphatic rings. The lowest BCUT2D eigenvalue weighted by Crippen LogP contribution is -2.51. The van der Waals surface area contributed by atoms with Gasteiger partial charge >= 0.3 is 0 Å². The molecule has 2 atom stereocenters. The Morgan fingerprint density at radius 3 is 2.97 bits per heavy atom. The van der Waals surface area contributed by atoms with E-state index in [1.807, 2.05) is 41.8 Å². The van der Waals surface area contributed by atoms with E-state index in [1.165, 1.54) is 11.3 Å². The minimum absolute atomic E-state index is 0.150. The van der Waals surface area contributed by atoms with Crippen LogP contribution in [0, 0.1) is 0 Å². The molecule has 5 rings (SSSR count). The fourth-order valence-corrected chi connectivity index (χ4v) is 5.20. The topological polar surface area (TPSA) is 75.6 Å². The minimum atomic E-state index is -0.761. The minimum Gasteiger partial charge on any atom is -0.488 e. The van der Waals surface area contributed by atoms with E-state index in [1.54, 1.807) is 34.0 Å². The van der Waals surface area contributed by atoms with E-state index in [2.05, 4.69) is 9.97 Å². The molecule has 0 radical (unpaired) electrons. The van der Waals surface area contributed by atoms with Crippen LogP contribution in [0.4, 0.5) is 0 Å². The number of thiazole rings is 1. The Morgan fingerprint density at radius 1 is 1.20 bits per heavy atom. The zero-order valence-electron chi connectivity index (χ0n) is 16.0. The van der Waals surface area contributed by atoms with Crippen molar-refractivity contribution < 1.29 is 14.6 Å². The van der Waals surface area contributed by atoms with Gasteiger partial charge < -0.3 is 14.7 Å². The van der Waals surface area contributed by atoms with Gasteiger partial charge in [-0.05, 0) is 35.0 Å². The Labute approximate surface area is 181 Å². The van der Waals surface area contributed by atoms with Gasteiger partial charge in [-0.1, -0.05) is 12.1 Å². The molecule has 3 aromatic heterocycles.